The Kier molecular flexibility index (Phi) is 4.63. The fourth-order valence-electron chi connectivity index (χ4n) is 1.67. The van der Waals surface area contributed by atoms with Crippen molar-refractivity contribution in [2.24, 2.45) is 4.99 Å². The first-order valence-corrected chi connectivity index (χ1v) is 7.66. The molecular weight excluding hydrogens is 272 g/mol. The van der Waals surface area contributed by atoms with Gasteiger partial charge in [0.2, 0.25) is 5.88 Å². The summed E-state index contributed by atoms with van der Waals surface area (Å²) in [6.07, 6.45) is 5.17. The van der Waals surface area contributed by atoms with Gasteiger partial charge in [0.1, 0.15) is 5.75 Å². The van der Waals surface area contributed by atoms with Crippen LogP contribution in [0.3, 0.4) is 0 Å². The Labute approximate surface area is 121 Å². The minimum atomic E-state index is -0.982. The first kappa shape index (κ1) is 14.4. The van der Waals surface area contributed by atoms with Crippen molar-refractivity contribution in [3.63, 3.8) is 0 Å². The molecule has 0 amide bonds. The Balaban J connectivity index is 2.21. The lowest BCUT2D eigenvalue weighted by molar-refractivity contribution is 0.462. The molecule has 5 heteroatoms. The van der Waals surface area contributed by atoms with E-state index in [1.54, 1.807) is 50.0 Å². The Morgan fingerprint density at radius 1 is 1.30 bits per heavy atom. The van der Waals surface area contributed by atoms with E-state index in [0.717, 1.165) is 16.0 Å². The average Bonchev–Trinajstić information content (AvgIpc) is 2.43. The quantitative estimate of drug-likeness (QED) is 0.813. The highest BCUT2D eigenvalue weighted by Gasteiger charge is 2.03. The maximum atomic E-state index is 11.3. The van der Waals surface area contributed by atoms with Crippen molar-refractivity contribution >= 4 is 17.0 Å². The smallest absolute Gasteiger partial charge is 0.219 e. The van der Waals surface area contributed by atoms with Crippen LogP contribution in [0.5, 0.6) is 11.6 Å². The van der Waals surface area contributed by atoms with E-state index < -0.39 is 10.8 Å². The molecule has 20 heavy (non-hydrogen) atoms. The molecule has 0 aliphatic heterocycles. The van der Waals surface area contributed by atoms with Crippen LogP contribution >= 0.6 is 0 Å². The Morgan fingerprint density at radius 2 is 2.00 bits per heavy atom. The van der Waals surface area contributed by atoms with Crippen molar-refractivity contribution < 1.29 is 8.95 Å². The van der Waals surface area contributed by atoms with Gasteiger partial charge < -0.3 is 4.74 Å². The van der Waals surface area contributed by atoms with E-state index in [2.05, 4.69) is 9.98 Å². The summed E-state index contributed by atoms with van der Waals surface area (Å²) in [6.45, 7) is 1.97. The zero-order chi connectivity index (χ0) is 14.5. The van der Waals surface area contributed by atoms with Crippen LogP contribution in [-0.4, -0.2) is 28.7 Å². The molecule has 4 nitrogen and oxygen atoms in total. The van der Waals surface area contributed by atoms with Crippen LogP contribution in [0.15, 0.2) is 46.4 Å². The van der Waals surface area contributed by atoms with Gasteiger partial charge in [-0.1, -0.05) is 0 Å². The maximum Gasteiger partial charge on any atom is 0.219 e. The number of nitrogens with zero attached hydrogens (tertiary/aromatic N) is 2. The molecule has 104 valence electrons. The minimum absolute atomic E-state index is 0.510. The van der Waals surface area contributed by atoms with Crippen LogP contribution in [0.1, 0.15) is 11.1 Å². The van der Waals surface area contributed by atoms with E-state index in [0.29, 0.717) is 11.6 Å². The highest BCUT2D eigenvalue weighted by molar-refractivity contribution is 7.84. The molecular formula is C15H16N2O2S. The Bertz CT molecular complexity index is 651. The standard InChI is InChI=1S/C15H16N2O2S/c1-11-9-17-15(8-12(11)10-16-2)19-13-4-6-14(7-5-13)20(3)18/h4-10H,1-3H3. The van der Waals surface area contributed by atoms with Crippen LogP contribution in [-0.2, 0) is 10.8 Å². The molecule has 0 aliphatic carbocycles. The lowest BCUT2D eigenvalue weighted by Crippen LogP contribution is -1.94. The number of aromatic nitrogens is 1. The number of ether oxygens (including phenoxy) is 1. The molecule has 2 rings (SSSR count). The van der Waals surface area contributed by atoms with Gasteiger partial charge in [-0.2, -0.15) is 0 Å². The van der Waals surface area contributed by atoms with E-state index in [4.69, 9.17) is 4.74 Å². The van der Waals surface area contributed by atoms with Crippen LogP contribution in [0.4, 0.5) is 0 Å². The second-order valence-corrected chi connectivity index (χ2v) is 5.67. The summed E-state index contributed by atoms with van der Waals surface area (Å²) in [5, 5.41) is 0. The van der Waals surface area contributed by atoms with Gasteiger partial charge in [-0.25, -0.2) is 4.98 Å². The predicted octanol–water partition coefficient (Wildman–Crippen LogP) is 2.97. The summed E-state index contributed by atoms with van der Waals surface area (Å²) in [5.41, 5.74) is 2.02. The van der Waals surface area contributed by atoms with Crippen molar-refractivity contribution in [2.45, 2.75) is 11.8 Å². The molecule has 1 aromatic carbocycles. The van der Waals surface area contributed by atoms with E-state index in [9.17, 15) is 4.21 Å². The molecule has 0 fully saturated rings. The highest BCUT2D eigenvalue weighted by atomic mass is 32.2. The topological polar surface area (TPSA) is 51.5 Å². The fourth-order valence-corrected chi connectivity index (χ4v) is 2.19. The summed E-state index contributed by atoms with van der Waals surface area (Å²) >= 11 is 0. The first-order chi connectivity index (χ1) is 9.60. The van der Waals surface area contributed by atoms with Gasteiger partial charge in [0.05, 0.1) is 0 Å². The normalized spacial score (nSPS) is 12.6. The third kappa shape index (κ3) is 3.51. The van der Waals surface area contributed by atoms with Crippen molar-refractivity contribution in [3.8, 4) is 11.6 Å². The number of benzene rings is 1. The van der Waals surface area contributed by atoms with Gasteiger partial charge in [0.25, 0.3) is 0 Å². The van der Waals surface area contributed by atoms with Gasteiger partial charge in [-0.05, 0) is 36.8 Å². The van der Waals surface area contributed by atoms with Crippen LogP contribution < -0.4 is 4.74 Å². The zero-order valence-corrected chi connectivity index (χ0v) is 12.5. The largest absolute Gasteiger partial charge is 0.439 e. The monoisotopic (exact) mass is 288 g/mol. The molecule has 0 spiro atoms. The Hall–Kier alpha value is -2.01. The highest BCUT2D eigenvalue weighted by Crippen LogP contribution is 2.22. The number of rotatable bonds is 4. The first-order valence-electron chi connectivity index (χ1n) is 6.10. The third-order valence-electron chi connectivity index (χ3n) is 2.77. The minimum Gasteiger partial charge on any atom is -0.439 e. The third-order valence-corrected chi connectivity index (χ3v) is 3.70. The van der Waals surface area contributed by atoms with Crippen molar-refractivity contribution in [3.05, 3.63) is 47.7 Å². The number of aryl methyl sites for hydroxylation is 1. The van der Waals surface area contributed by atoms with Crippen LogP contribution in [0, 0.1) is 6.92 Å². The van der Waals surface area contributed by atoms with Crippen LogP contribution in [0.25, 0.3) is 0 Å². The van der Waals surface area contributed by atoms with E-state index in [1.807, 2.05) is 13.0 Å². The summed E-state index contributed by atoms with van der Waals surface area (Å²) < 4.78 is 17.0. The van der Waals surface area contributed by atoms with Crippen molar-refractivity contribution in [1.29, 1.82) is 0 Å². The molecule has 0 N–H and O–H groups in total. The Morgan fingerprint density at radius 3 is 2.60 bits per heavy atom. The van der Waals surface area contributed by atoms with Crippen LogP contribution in [0.2, 0.25) is 0 Å². The van der Waals surface area contributed by atoms with Gasteiger partial charge in [0.15, 0.2) is 0 Å². The lowest BCUT2D eigenvalue weighted by Gasteiger charge is -2.07. The maximum absolute atomic E-state index is 11.3. The van der Waals surface area contributed by atoms with E-state index in [1.165, 1.54) is 0 Å². The van der Waals surface area contributed by atoms with E-state index in [-0.39, 0.29) is 0 Å². The molecule has 1 atom stereocenters. The van der Waals surface area contributed by atoms with Gasteiger partial charge in [-0.15, -0.1) is 0 Å². The SMILES string of the molecule is CN=Cc1cc(Oc2ccc(S(C)=O)cc2)ncc1C. The fraction of sp³-hybridized carbons (Fsp3) is 0.200. The second kappa shape index (κ2) is 6.43. The summed E-state index contributed by atoms with van der Waals surface area (Å²) in [6, 6.07) is 8.98. The summed E-state index contributed by atoms with van der Waals surface area (Å²) in [4.78, 5) is 9.01. The zero-order valence-electron chi connectivity index (χ0n) is 11.7. The second-order valence-electron chi connectivity index (χ2n) is 4.29. The molecule has 1 aromatic heterocycles. The van der Waals surface area contributed by atoms with Crippen molar-refractivity contribution in [2.75, 3.05) is 13.3 Å². The summed E-state index contributed by atoms with van der Waals surface area (Å²) in [7, 11) is 0.744. The van der Waals surface area contributed by atoms with E-state index >= 15 is 0 Å². The van der Waals surface area contributed by atoms with Gasteiger partial charge >= 0.3 is 0 Å². The number of aliphatic imine (C=N–C) groups is 1. The van der Waals surface area contributed by atoms with Gasteiger partial charge in [-0.3, -0.25) is 9.20 Å². The van der Waals surface area contributed by atoms with Crippen molar-refractivity contribution in [1.82, 2.24) is 4.98 Å². The average molecular weight is 288 g/mol. The molecule has 0 bridgehead atoms. The van der Waals surface area contributed by atoms with Gasteiger partial charge in [0, 0.05) is 53.0 Å². The number of hydrogen-bond donors (Lipinski definition) is 0. The lowest BCUT2D eigenvalue weighted by atomic mass is 10.2. The molecule has 2 aromatic rings. The molecule has 0 saturated carbocycles. The molecule has 0 aliphatic rings. The number of pyridine rings is 1. The molecule has 0 radical (unpaired) electrons. The number of hydrogen-bond acceptors (Lipinski definition) is 4. The molecule has 1 heterocycles. The molecule has 1 unspecified atom stereocenters. The summed E-state index contributed by atoms with van der Waals surface area (Å²) in [5.74, 6) is 1.17. The predicted molar refractivity (Wildman–Crippen MR) is 81.3 cm³/mol. The molecule has 0 saturated heterocycles.